The normalized spacial score (nSPS) is 15.2. The fourth-order valence-electron chi connectivity index (χ4n) is 0.508. The zero-order valence-electron chi connectivity index (χ0n) is 6.29. The first-order valence-electron chi connectivity index (χ1n) is 3.21. The van der Waals surface area contributed by atoms with Crippen molar-refractivity contribution in [1.82, 2.24) is 0 Å². The second-order valence-corrected chi connectivity index (χ2v) is 2.86. The third-order valence-corrected chi connectivity index (χ3v) is 1.12. The van der Waals surface area contributed by atoms with Crippen molar-refractivity contribution in [2.75, 3.05) is 0 Å². The van der Waals surface area contributed by atoms with Gasteiger partial charge in [-0.2, -0.15) is 0 Å². The topological polar surface area (TPSA) is 46.5 Å². The van der Waals surface area contributed by atoms with Crippen molar-refractivity contribution in [2.45, 2.75) is 25.0 Å². The molecule has 0 saturated heterocycles. The molecule has 0 aromatic heterocycles. The van der Waals surface area contributed by atoms with Crippen LogP contribution in [0.3, 0.4) is 0 Å². The number of hydrogen-bond acceptors (Lipinski definition) is 3. The fourth-order valence-corrected chi connectivity index (χ4v) is 0.661. The smallest absolute Gasteiger partial charge is 0.332 e. The molecule has 2 atom stereocenters. The molecule has 64 valence electrons. The molecule has 0 amide bonds. The number of esters is 1. The highest BCUT2D eigenvalue weighted by atomic mass is 35.5. The minimum absolute atomic E-state index is 0.220. The van der Waals surface area contributed by atoms with Gasteiger partial charge < -0.3 is 9.84 Å². The van der Waals surface area contributed by atoms with Crippen molar-refractivity contribution < 1.29 is 14.6 Å². The molecule has 1 N–H and O–H groups in total. The van der Waals surface area contributed by atoms with Crippen LogP contribution >= 0.6 is 11.6 Å². The summed E-state index contributed by atoms with van der Waals surface area (Å²) in [6.07, 6.45) is 0.0801. The molecule has 0 aliphatic carbocycles. The van der Waals surface area contributed by atoms with E-state index in [1.54, 1.807) is 6.92 Å². The van der Waals surface area contributed by atoms with Crippen molar-refractivity contribution in [1.29, 1.82) is 0 Å². The summed E-state index contributed by atoms with van der Waals surface area (Å²) in [7, 11) is 0. The highest BCUT2D eigenvalue weighted by molar-refractivity contribution is 6.20. The van der Waals surface area contributed by atoms with Gasteiger partial charge in [0.05, 0.1) is 0 Å². The second-order valence-electron chi connectivity index (χ2n) is 2.11. The van der Waals surface area contributed by atoms with Gasteiger partial charge >= 0.3 is 5.97 Å². The van der Waals surface area contributed by atoms with E-state index in [1.165, 1.54) is 0 Å². The molecule has 2 unspecified atom stereocenters. The maximum Gasteiger partial charge on any atom is 0.332 e. The van der Waals surface area contributed by atoms with Crippen LogP contribution in [0, 0.1) is 0 Å². The summed E-state index contributed by atoms with van der Waals surface area (Å²) in [6.45, 7) is 4.88. The van der Waals surface area contributed by atoms with E-state index in [2.05, 4.69) is 11.3 Å². The van der Waals surface area contributed by atoms with Crippen molar-refractivity contribution in [3.8, 4) is 0 Å². The molecule has 0 fully saturated rings. The van der Waals surface area contributed by atoms with Gasteiger partial charge in [-0.15, -0.1) is 11.6 Å². The lowest BCUT2D eigenvalue weighted by Gasteiger charge is -2.10. The van der Waals surface area contributed by atoms with Gasteiger partial charge in [0, 0.05) is 17.9 Å². The number of alkyl halides is 1. The van der Waals surface area contributed by atoms with Crippen LogP contribution in [0.2, 0.25) is 0 Å². The predicted molar refractivity (Wildman–Crippen MR) is 42.2 cm³/mol. The fraction of sp³-hybridized carbons (Fsp3) is 0.571. The first-order valence-corrected chi connectivity index (χ1v) is 3.65. The molecule has 0 aromatic carbocycles. The molecule has 0 aliphatic rings. The van der Waals surface area contributed by atoms with Crippen LogP contribution in [0.5, 0.6) is 0 Å². The van der Waals surface area contributed by atoms with E-state index in [-0.39, 0.29) is 11.8 Å². The minimum Gasteiger partial charge on any atom is -0.433 e. The van der Waals surface area contributed by atoms with E-state index >= 15 is 0 Å². The Balaban J connectivity index is 3.59. The molecule has 4 heteroatoms. The molecule has 0 aliphatic heterocycles. The SMILES string of the molecule is C=CC(=O)OC(O)CC(C)Cl. The van der Waals surface area contributed by atoms with Crippen LogP contribution in [0.1, 0.15) is 13.3 Å². The molecule has 11 heavy (non-hydrogen) atoms. The first-order chi connectivity index (χ1) is 5.06. The number of rotatable bonds is 4. The van der Waals surface area contributed by atoms with E-state index in [9.17, 15) is 4.79 Å². The van der Waals surface area contributed by atoms with Crippen LogP contribution in [-0.4, -0.2) is 22.7 Å². The summed E-state index contributed by atoms with van der Waals surface area (Å²) < 4.78 is 4.42. The average molecular weight is 179 g/mol. The monoisotopic (exact) mass is 178 g/mol. The third-order valence-electron chi connectivity index (χ3n) is 0.945. The summed E-state index contributed by atoms with van der Waals surface area (Å²) in [5.41, 5.74) is 0. The quantitative estimate of drug-likeness (QED) is 0.303. The molecule has 0 heterocycles. The summed E-state index contributed by atoms with van der Waals surface area (Å²) in [4.78, 5) is 10.5. The third kappa shape index (κ3) is 5.88. The second kappa shape index (κ2) is 5.16. The lowest BCUT2D eigenvalue weighted by atomic mass is 10.3. The van der Waals surface area contributed by atoms with Crippen LogP contribution in [0.15, 0.2) is 12.7 Å². The molecule has 0 bridgehead atoms. The summed E-state index contributed by atoms with van der Waals surface area (Å²) in [5.74, 6) is -0.644. The molecular formula is C7H11ClO3. The van der Waals surface area contributed by atoms with Gasteiger partial charge in [0.2, 0.25) is 6.29 Å². The van der Waals surface area contributed by atoms with E-state index in [0.717, 1.165) is 6.08 Å². The Hall–Kier alpha value is -0.540. The van der Waals surface area contributed by atoms with Crippen molar-refractivity contribution in [3.05, 3.63) is 12.7 Å². The van der Waals surface area contributed by atoms with E-state index in [4.69, 9.17) is 16.7 Å². The Bertz CT molecular complexity index is 145. The Morgan fingerprint density at radius 2 is 2.45 bits per heavy atom. The van der Waals surface area contributed by atoms with Gasteiger partial charge in [0.15, 0.2) is 0 Å². The summed E-state index contributed by atoms with van der Waals surface area (Å²) >= 11 is 5.52. The van der Waals surface area contributed by atoms with Crippen LogP contribution in [0.25, 0.3) is 0 Å². The number of aliphatic hydroxyl groups is 1. The number of carbonyl (C=O) groups is 1. The first kappa shape index (κ1) is 10.5. The maximum absolute atomic E-state index is 10.5. The maximum atomic E-state index is 10.5. The zero-order chi connectivity index (χ0) is 8.85. The van der Waals surface area contributed by atoms with Crippen LogP contribution < -0.4 is 0 Å². The van der Waals surface area contributed by atoms with Gasteiger partial charge in [-0.05, 0) is 6.92 Å². The number of ether oxygens (including phenoxy) is 1. The molecule has 0 spiro atoms. The zero-order valence-corrected chi connectivity index (χ0v) is 7.04. The van der Waals surface area contributed by atoms with Crippen LogP contribution in [-0.2, 0) is 9.53 Å². The molecule has 3 nitrogen and oxygen atoms in total. The van der Waals surface area contributed by atoms with E-state index in [1.807, 2.05) is 0 Å². The Morgan fingerprint density at radius 3 is 2.82 bits per heavy atom. The van der Waals surface area contributed by atoms with Gasteiger partial charge in [0.25, 0.3) is 0 Å². The van der Waals surface area contributed by atoms with Crippen molar-refractivity contribution in [3.63, 3.8) is 0 Å². The van der Waals surface area contributed by atoms with Gasteiger partial charge in [-0.25, -0.2) is 4.79 Å². The predicted octanol–water partition coefficient (Wildman–Crippen LogP) is 1.05. The van der Waals surface area contributed by atoms with Gasteiger partial charge in [-0.3, -0.25) is 0 Å². The largest absolute Gasteiger partial charge is 0.433 e. The summed E-state index contributed by atoms with van der Waals surface area (Å²) in [6, 6.07) is 0. The van der Waals surface area contributed by atoms with Gasteiger partial charge in [-0.1, -0.05) is 6.58 Å². The average Bonchev–Trinajstić information content (AvgIpc) is 1.85. The molecular weight excluding hydrogens is 168 g/mol. The molecule has 0 radical (unpaired) electrons. The number of halogens is 1. The molecule has 0 aromatic rings. The molecule has 0 saturated carbocycles. The van der Waals surface area contributed by atoms with E-state index in [0.29, 0.717) is 0 Å². The lowest BCUT2D eigenvalue weighted by molar-refractivity contribution is -0.162. The Kier molecular flexibility index (Phi) is 4.90. The lowest BCUT2D eigenvalue weighted by Crippen LogP contribution is -2.18. The van der Waals surface area contributed by atoms with Crippen molar-refractivity contribution >= 4 is 17.6 Å². The highest BCUT2D eigenvalue weighted by Crippen LogP contribution is 2.05. The number of aliphatic hydroxyl groups excluding tert-OH is 1. The summed E-state index contributed by atoms with van der Waals surface area (Å²) in [5, 5.41) is 8.73. The Labute approximate surface area is 70.6 Å². The van der Waals surface area contributed by atoms with E-state index < -0.39 is 12.3 Å². The van der Waals surface area contributed by atoms with Gasteiger partial charge in [0.1, 0.15) is 0 Å². The van der Waals surface area contributed by atoms with Crippen LogP contribution in [0.4, 0.5) is 0 Å². The minimum atomic E-state index is -1.13. The van der Waals surface area contributed by atoms with Crippen molar-refractivity contribution in [2.24, 2.45) is 0 Å². The highest BCUT2D eigenvalue weighted by Gasteiger charge is 2.10. The number of carbonyl (C=O) groups excluding carboxylic acids is 1. The number of hydrogen-bond donors (Lipinski definition) is 1. The molecule has 0 rings (SSSR count). The Morgan fingerprint density at radius 1 is 1.91 bits per heavy atom. The standard InChI is InChI=1S/C7H11ClO3/c1-3-6(9)11-7(10)4-5(2)8/h3,5,7,10H,1,4H2,2H3.